The van der Waals surface area contributed by atoms with Crippen LogP contribution < -0.4 is 5.73 Å². The summed E-state index contributed by atoms with van der Waals surface area (Å²) in [6.45, 7) is 0. The van der Waals surface area contributed by atoms with Crippen molar-refractivity contribution < 1.29 is 4.39 Å². The number of aryl methyl sites for hydroxylation is 1. The van der Waals surface area contributed by atoms with Crippen LogP contribution in [-0.2, 0) is 7.05 Å². The summed E-state index contributed by atoms with van der Waals surface area (Å²) in [7, 11) is 1.79. The van der Waals surface area contributed by atoms with Crippen molar-refractivity contribution in [1.82, 2.24) is 9.78 Å². The minimum Gasteiger partial charge on any atom is -0.398 e. The van der Waals surface area contributed by atoms with Crippen LogP contribution in [0.5, 0.6) is 0 Å². The Hall–Kier alpha value is -1.84. The highest BCUT2D eigenvalue weighted by Crippen LogP contribution is 2.25. The Morgan fingerprint density at radius 2 is 2.14 bits per heavy atom. The lowest BCUT2D eigenvalue weighted by molar-refractivity contribution is 0.628. The van der Waals surface area contributed by atoms with Gasteiger partial charge in [-0.25, -0.2) is 4.39 Å². The molecule has 14 heavy (non-hydrogen) atoms. The Kier molecular flexibility index (Phi) is 1.96. The molecule has 72 valence electrons. The van der Waals surface area contributed by atoms with Crippen LogP contribution in [0.2, 0.25) is 0 Å². The highest BCUT2D eigenvalue weighted by molar-refractivity contribution is 5.73. The summed E-state index contributed by atoms with van der Waals surface area (Å²) >= 11 is 0. The monoisotopic (exact) mass is 191 g/mol. The molecule has 3 nitrogen and oxygen atoms in total. The molecule has 0 aliphatic heterocycles. The average molecular weight is 191 g/mol. The van der Waals surface area contributed by atoms with Gasteiger partial charge in [-0.2, -0.15) is 5.10 Å². The molecule has 0 radical (unpaired) electrons. The summed E-state index contributed by atoms with van der Waals surface area (Å²) < 4.78 is 14.6. The van der Waals surface area contributed by atoms with E-state index in [1.54, 1.807) is 30.1 Å². The molecule has 2 N–H and O–H groups in total. The van der Waals surface area contributed by atoms with Gasteiger partial charge >= 0.3 is 0 Å². The third-order valence-corrected chi connectivity index (χ3v) is 2.11. The molecule has 1 aromatic heterocycles. The van der Waals surface area contributed by atoms with Gasteiger partial charge in [0, 0.05) is 24.5 Å². The number of anilines is 1. The van der Waals surface area contributed by atoms with Gasteiger partial charge in [0.25, 0.3) is 0 Å². The number of halogens is 1. The fourth-order valence-electron chi connectivity index (χ4n) is 1.39. The van der Waals surface area contributed by atoms with Crippen molar-refractivity contribution in [2.45, 2.75) is 0 Å². The lowest BCUT2D eigenvalue weighted by atomic mass is 10.1. The zero-order chi connectivity index (χ0) is 10.1. The molecule has 0 amide bonds. The van der Waals surface area contributed by atoms with Crippen molar-refractivity contribution in [2.75, 3.05) is 5.73 Å². The highest BCUT2D eigenvalue weighted by Gasteiger charge is 2.07. The first-order valence-corrected chi connectivity index (χ1v) is 4.22. The molecule has 1 aromatic carbocycles. The third-order valence-electron chi connectivity index (χ3n) is 2.11. The summed E-state index contributed by atoms with van der Waals surface area (Å²) in [5.74, 6) is -0.296. The lowest BCUT2D eigenvalue weighted by Crippen LogP contribution is -1.97. The van der Waals surface area contributed by atoms with Gasteiger partial charge in [0.15, 0.2) is 0 Å². The first kappa shape index (κ1) is 8.74. The first-order chi connectivity index (χ1) is 6.68. The zero-order valence-corrected chi connectivity index (χ0v) is 7.74. The van der Waals surface area contributed by atoms with Gasteiger partial charge in [0.1, 0.15) is 5.82 Å². The van der Waals surface area contributed by atoms with Gasteiger partial charge in [-0.3, -0.25) is 4.68 Å². The quantitative estimate of drug-likeness (QED) is 0.698. The van der Waals surface area contributed by atoms with E-state index in [0.717, 1.165) is 5.69 Å². The molecule has 4 heteroatoms. The van der Waals surface area contributed by atoms with Crippen LogP contribution in [0.1, 0.15) is 0 Å². The predicted molar refractivity (Wildman–Crippen MR) is 53.0 cm³/mol. The molecule has 0 aliphatic rings. The second-order valence-electron chi connectivity index (χ2n) is 3.07. The summed E-state index contributed by atoms with van der Waals surface area (Å²) in [5.41, 5.74) is 7.77. The zero-order valence-electron chi connectivity index (χ0n) is 7.74. The molecule has 2 aromatic rings. The minimum atomic E-state index is -0.296. The molecule has 0 fully saturated rings. The number of hydrogen-bond acceptors (Lipinski definition) is 2. The molecule has 0 saturated carbocycles. The van der Waals surface area contributed by atoms with E-state index in [4.69, 9.17) is 5.73 Å². The van der Waals surface area contributed by atoms with Crippen LogP contribution in [0.3, 0.4) is 0 Å². The second-order valence-corrected chi connectivity index (χ2v) is 3.07. The molecule has 1 heterocycles. The molecule has 0 saturated heterocycles. The van der Waals surface area contributed by atoms with Crippen LogP contribution in [0.25, 0.3) is 11.3 Å². The summed E-state index contributed by atoms with van der Waals surface area (Å²) in [6, 6.07) is 6.10. The van der Waals surface area contributed by atoms with Gasteiger partial charge in [0.2, 0.25) is 0 Å². The molecule has 0 bridgehead atoms. The van der Waals surface area contributed by atoms with E-state index in [9.17, 15) is 4.39 Å². The van der Waals surface area contributed by atoms with Crippen molar-refractivity contribution >= 4 is 5.69 Å². The fraction of sp³-hybridized carbons (Fsp3) is 0.100. The Balaban J connectivity index is 2.62. The molecule has 2 rings (SSSR count). The molecule has 0 spiro atoms. The SMILES string of the molecule is Cn1nccc1-c1cc(F)ccc1N. The molecular weight excluding hydrogens is 181 g/mol. The number of hydrogen-bond donors (Lipinski definition) is 1. The number of nitrogens with zero attached hydrogens (tertiary/aromatic N) is 2. The van der Waals surface area contributed by atoms with Crippen molar-refractivity contribution in [2.24, 2.45) is 7.05 Å². The average Bonchev–Trinajstić information content (AvgIpc) is 2.56. The Bertz CT molecular complexity index is 462. The van der Waals surface area contributed by atoms with Crippen molar-refractivity contribution in [1.29, 1.82) is 0 Å². The maximum Gasteiger partial charge on any atom is 0.124 e. The fourth-order valence-corrected chi connectivity index (χ4v) is 1.39. The Labute approximate surface area is 81.0 Å². The molecule has 0 unspecified atom stereocenters. The number of nitrogen functional groups attached to an aromatic ring is 1. The molecule has 0 aliphatic carbocycles. The number of rotatable bonds is 1. The van der Waals surface area contributed by atoms with Crippen LogP contribution in [0.4, 0.5) is 10.1 Å². The third kappa shape index (κ3) is 1.35. The van der Waals surface area contributed by atoms with Crippen LogP contribution in [0.15, 0.2) is 30.5 Å². The normalized spacial score (nSPS) is 10.4. The number of benzene rings is 1. The largest absolute Gasteiger partial charge is 0.398 e. The van der Waals surface area contributed by atoms with Gasteiger partial charge in [0.05, 0.1) is 5.69 Å². The first-order valence-electron chi connectivity index (χ1n) is 4.22. The van der Waals surface area contributed by atoms with Crippen LogP contribution >= 0.6 is 0 Å². The van der Waals surface area contributed by atoms with Crippen LogP contribution in [-0.4, -0.2) is 9.78 Å². The maximum absolute atomic E-state index is 13.0. The maximum atomic E-state index is 13.0. The molecular formula is C10H10FN3. The van der Waals surface area contributed by atoms with Gasteiger partial charge < -0.3 is 5.73 Å². The summed E-state index contributed by atoms with van der Waals surface area (Å²) in [6.07, 6.45) is 1.65. The summed E-state index contributed by atoms with van der Waals surface area (Å²) in [4.78, 5) is 0. The van der Waals surface area contributed by atoms with Gasteiger partial charge in [-0.1, -0.05) is 0 Å². The van der Waals surface area contributed by atoms with E-state index in [0.29, 0.717) is 11.3 Å². The predicted octanol–water partition coefficient (Wildman–Crippen LogP) is 1.81. The molecule has 0 atom stereocenters. The van der Waals surface area contributed by atoms with Crippen LogP contribution in [0, 0.1) is 5.82 Å². The van der Waals surface area contributed by atoms with Crippen molar-refractivity contribution in [3.05, 3.63) is 36.3 Å². The van der Waals surface area contributed by atoms with E-state index < -0.39 is 0 Å². The van der Waals surface area contributed by atoms with E-state index in [-0.39, 0.29) is 5.82 Å². The number of aromatic nitrogens is 2. The Morgan fingerprint density at radius 1 is 1.36 bits per heavy atom. The van der Waals surface area contributed by atoms with Gasteiger partial charge in [-0.15, -0.1) is 0 Å². The van der Waals surface area contributed by atoms with E-state index >= 15 is 0 Å². The van der Waals surface area contributed by atoms with Crippen molar-refractivity contribution in [3.63, 3.8) is 0 Å². The van der Waals surface area contributed by atoms with Crippen molar-refractivity contribution in [3.8, 4) is 11.3 Å². The lowest BCUT2D eigenvalue weighted by Gasteiger charge is -2.05. The minimum absolute atomic E-state index is 0.296. The van der Waals surface area contributed by atoms with E-state index in [2.05, 4.69) is 5.10 Å². The topological polar surface area (TPSA) is 43.8 Å². The Morgan fingerprint density at radius 3 is 2.79 bits per heavy atom. The highest BCUT2D eigenvalue weighted by atomic mass is 19.1. The standard InChI is InChI=1S/C10H10FN3/c1-14-10(4-5-13-14)8-6-7(11)2-3-9(8)12/h2-6H,12H2,1H3. The summed E-state index contributed by atoms with van der Waals surface area (Å²) in [5, 5.41) is 4.00. The second kappa shape index (κ2) is 3.14. The van der Waals surface area contributed by atoms with Gasteiger partial charge in [-0.05, 0) is 24.3 Å². The smallest absolute Gasteiger partial charge is 0.124 e. The van der Waals surface area contributed by atoms with E-state index in [1.165, 1.54) is 12.1 Å². The number of nitrogens with two attached hydrogens (primary N) is 1. The van der Waals surface area contributed by atoms with E-state index in [1.807, 2.05) is 0 Å².